The molecule has 0 radical (unpaired) electrons. The van der Waals surface area contributed by atoms with E-state index in [1.807, 2.05) is 36.4 Å². The summed E-state index contributed by atoms with van der Waals surface area (Å²) < 4.78 is 1.04. The quantitative estimate of drug-likeness (QED) is 0.915. The number of carboxylic acids is 1. The predicted octanol–water partition coefficient (Wildman–Crippen LogP) is 3.72. The van der Waals surface area contributed by atoms with Crippen molar-refractivity contribution in [3.05, 3.63) is 46.4 Å². The summed E-state index contributed by atoms with van der Waals surface area (Å²) >= 11 is 3.50. The molecular weight excluding hydrogens is 280 g/mol. The zero-order chi connectivity index (χ0) is 12.0. The van der Waals surface area contributed by atoms with E-state index >= 15 is 0 Å². The molecule has 0 bridgehead atoms. The number of halogens is 1. The molecule has 0 amide bonds. The largest absolute Gasteiger partial charge is 0.481 e. The molecule has 0 atom stereocenters. The smallest absolute Gasteiger partial charge is 0.314 e. The van der Waals surface area contributed by atoms with Crippen molar-refractivity contribution in [1.82, 2.24) is 0 Å². The molecule has 0 aromatic heterocycles. The third-order valence-electron chi connectivity index (χ3n) is 3.54. The molecule has 0 heterocycles. The second-order valence-electron chi connectivity index (χ2n) is 4.56. The predicted molar refractivity (Wildman–Crippen MR) is 70.2 cm³/mol. The summed E-state index contributed by atoms with van der Waals surface area (Å²) in [5, 5.41) is 11.5. The normalized spacial score (nSPS) is 17.0. The van der Waals surface area contributed by atoms with Crippen molar-refractivity contribution >= 4 is 32.7 Å². The van der Waals surface area contributed by atoms with Crippen molar-refractivity contribution in [2.24, 2.45) is 0 Å². The van der Waals surface area contributed by atoms with Gasteiger partial charge in [-0.2, -0.15) is 0 Å². The minimum absolute atomic E-state index is 0.615. The van der Waals surface area contributed by atoms with E-state index in [0.717, 1.165) is 33.7 Å². The van der Waals surface area contributed by atoms with E-state index in [-0.39, 0.29) is 0 Å². The summed E-state index contributed by atoms with van der Waals surface area (Å²) in [5.74, 6) is -0.702. The van der Waals surface area contributed by atoms with E-state index < -0.39 is 11.4 Å². The van der Waals surface area contributed by atoms with E-state index in [0.29, 0.717) is 0 Å². The van der Waals surface area contributed by atoms with Crippen molar-refractivity contribution < 1.29 is 9.90 Å². The number of aliphatic carboxylic acids is 1. The lowest BCUT2D eigenvalue weighted by Crippen LogP contribution is -2.19. The maximum absolute atomic E-state index is 11.3. The highest BCUT2D eigenvalue weighted by molar-refractivity contribution is 9.10. The van der Waals surface area contributed by atoms with Gasteiger partial charge in [-0.05, 0) is 41.3 Å². The molecule has 0 spiro atoms. The molecule has 0 aliphatic heterocycles. The monoisotopic (exact) mass is 290 g/mol. The van der Waals surface area contributed by atoms with Crippen LogP contribution in [-0.2, 0) is 10.2 Å². The van der Waals surface area contributed by atoms with Gasteiger partial charge in [0.1, 0.15) is 0 Å². The second-order valence-corrected chi connectivity index (χ2v) is 5.42. The minimum atomic E-state index is -0.702. The van der Waals surface area contributed by atoms with Crippen LogP contribution in [0.15, 0.2) is 40.9 Å². The molecule has 2 aromatic carbocycles. The molecule has 1 aliphatic rings. The Morgan fingerprint density at radius 2 is 2.00 bits per heavy atom. The van der Waals surface area contributed by atoms with Crippen LogP contribution in [0.4, 0.5) is 0 Å². The molecule has 1 aliphatic carbocycles. The van der Waals surface area contributed by atoms with Crippen LogP contribution >= 0.6 is 15.9 Å². The lowest BCUT2D eigenvalue weighted by Gasteiger charge is -2.11. The molecule has 2 nitrogen and oxygen atoms in total. The minimum Gasteiger partial charge on any atom is -0.481 e. The van der Waals surface area contributed by atoms with Gasteiger partial charge < -0.3 is 5.11 Å². The molecular formula is C14H11BrO2. The van der Waals surface area contributed by atoms with Crippen LogP contribution in [0.1, 0.15) is 18.4 Å². The van der Waals surface area contributed by atoms with Gasteiger partial charge in [0.2, 0.25) is 0 Å². The van der Waals surface area contributed by atoms with Gasteiger partial charge in [-0.25, -0.2) is 0 Å². The highest BCUT2D eigenvalue weighted by atomic mass is 79.9. The van der Waals surface area contributed by atoms with Crippen molar-refractivity contribution in [3.63, 3.8) is 0 Å². The number of benzene rings is 2. The molecule has 0 unspecified atom stereocenters. The van der Waals surface area contributed by atoms with E-state index in [1.54, 1.807) is 0 Å². The highest BCUT2D eigenvalue weighted by Crippen LogP contribution is 2.49. The average molecular weight is 291 g/mol. The molecule has 86 valence electrons. The van der Waals surface area contributed by atoms with E-state index in [2.05, 4.69) is 15.9 Å². The lowest BCUT2D eigenvalue weighted by atomic mass is 9.94. The Morgan fingerprint density at radius 3 is 2.65 bits per heavy atom. The second kappa shape index (κ2) is 3.57. The Balaban J connectivity index is 2.18. The zero-order valence-electron chi connectivity index (χ0n) is 9.11. The van der Waals surface area contributed by atoms with Gasteiger partial charge in [0.25, 0.3) is 0 Å². The van der Waals surface area contributed by atoms with Gasteiger partial charge in [0.15, 0.2) is 0 Å². The standard InChI is InChI=1S/C14H11BrO2/c15-12-3-1-2-9-8-10(4-5-11(9)12)14(6-7-14)13(16)17/h1-5,8H,6-7H2,(H,16,17). The Labute approximate surface area is 107 Å². The maximum atomic E-state index is 11.3. The van der Waals surface area contributed by atoms with Gasteiger partial charge in [0, 0.05) is 4.47 Å². The SMILES string of the molecule is O=C(O)C1(c2ccc3c(Br)cccc3c2)CC1. The van der Waals surface area contributed by atoms with E-state index in [1.165, 1.54) is 0 Å². The topological polar surface area (TPSA) is 37.3 Å². The number of carbonyl (C=O) groups is 1. The van der Waals surface area contributed by atoms with Crippen LogP contribution in [0.2, 0.25) is 0 Å². The molecule has 17 heavy (non-hydrogen) atoms. The van der Waals surface area contributed by atoms with Gasteiger partial charge in [-0.15, -0.1) is 0 Å². The first-order chi connectivity index (χ1) is 8.13. The summed E-state index contributed by atoms with van der Waals surface area (Å²) in [7, 11) is 0. The third kappa shape index (κ3) is 1.57. The van der Waals surface area contributed by atoms with Crippen LogP contribution in [0.25, 0.3) is 10.8 Å². The van der Waals surface area contributed by atoms with E-state index in [4.69, 9.17) is 0 Å². The first-order valence-corrected chi connectivity index (χ1v) is 6.35. The number of hydrogen-bond donors (Lipinski definition) is 1. The molecule has 1 N–H and O–H groups in total. The summed E-state index contributed by atoms with van der Waals surface area (Å²) in [6, 6.07) is 11.9. The van der Waals surface area contributed by atoms with Crippen LogP contribution in [0.3, 0.4) is 0 Å². The average Bonchev–Trinajstić information content (AvgIpc) is 3.10. The number of carboxylic acid groups (broad SMARTS) is 1. The molecule has 3 rings (SSSR count). The highest BCUT2D eigenvalue weighted by Gasteiger charge is 2.51. The molecule has 1 fully saturated rings. The van der Waals surface area contributed by atoms with Crippen molar-refractivity contribution in [2.45, 2.75) is 18.3 Å². The Hall–Kier alpha value is -1.35. The first kappa shape index (κ1) is 10.8. The van der Waals surface area contributed by atoms with Crippen LogP contribution in [0.5, 0.6) is 0 Å². The van der Waals surface area contributed by atoms with Crippen LogP contribution < -0.4 is 0 Å². The van der Waals surface area contributed by atoms with Gasteiger partial charge in [-0.1, -0.05) is 40.2 Å². The lowest BCUT2D eigenvalue weighted by molar-refractivity contribution is -0.140. The van der Waals surface area contributed by atoms with Crippen LogP contribution in [0, 0.1) is 0 Å². The van der Waals surface area contributed by atoms with E-state index in [9.17, 15) is 9.90 Å². The molecule has 3 heteroatoms. The summed E-state index contributed by atoms with van der Waals surface area (Å²) in [6.07, 6.45) is 1.50. The summed E-state index contributed by atoms with van der Waals surface area (Å²) in [5.41, 5.74) is 0.312. The van der Waals surface area contributed by atoms with Gasteiger partial charge in [0.05, 0.1) is 5.41 Å². The molecule has 0 saturated heterocycles. The first-order valence-electron chi connectivity index (χ1n) is 5.56. The third-order valence-corrected chi connectivity index (χ3v) is 4.23. The fraction of sp³-hybridized carbons (Fsp3) is 0.214. The van der Waals surface area contributed by atoms with Crippen LogP contribution in [-0.4, -0.2) is 11.1 Å². The fourth-order valence-corrected chi connectivity index (χ4v) is 2.81. The summed E-state index contributed by atoms with van der Waals surface area (Å²) in [4.78, 5) is 11.3. The van der Waals surface area contributed by atoms with Gasteiger partial charge in [-0.3, -0.25) is 4.79 Å². The zero-order valence-corrected chi connectivity index (χ0v) is 10.7. The number of rotatable bonds is 2. The fourth-order valence-electron chi connectivity index (χ4n) is 2.29. The molecule has 2 aromatic rings. The van der Waals surface area contributed by atoms with Crippen molar-refractivity contribution in [3.8, 4) is 0 Å². The number of hydrogen-bond acceptors (Lipinski definition) is 1. The Kier molecular flexibility index (Phi) is 2.26. The van der Waals surface area contributed by atoms with Gasteiger partial charge >= 0.3 is 5.97 Å². The molecule has 1 saturated carbocycles. The van der Waals surface area contributed by atoms with Crippen molar-refractivity contribution in [1.29, 1.82) is 0 Å². The maximum Gasteiger partial charge on any atom is 0.314 e. The Morgan fingerprint density at radius 1 is 1.24 bits per heavy atom. The Bertz CT molecular complexity index is 615. The summed E-state index contributed by atoms with van der Waals surface area (Å²) in [6.45, 7) is 0. The van der Waals surface area contributed by atoms with Crippen molar-refractivity contribution in [2.75, 3.05) is 0 Å². The number of fused-ring (bicyclic) bond motifs is 1.